The van der Waals surface area contributed by atoms with E-state index in [1.54, 1.807) is 0 Å². The summed E-state index contributed by atoms with van der Waals surface area (Å²) in [5.41, 5.74) is 0. The number of nitrogens with one attached hydrogen (secondary N) is 1. The van der Waals surface area contributed by atoms with E-state index in [4.69, 9.17) is 0 Å². The van der Waals surface area contributed by atoms with Gasteiger partial charge >= 0.3 is 0 Å². The molecule has 0 amide bonds. The SMILES string of the molecule is CCC(CC)C(O)CNC1CCSC1. The van der Waals surface area contributed by atoms with Gasteiger partial charge in [0.05, 0.1) is 6.10 Å². The Morgan fingerprint density at radius 1 is 1.43 bits per heavy atom. The van der Waals surface area contributed by atoms with E-state index in [0.717, 1.165) is 19.4 Å². The lowest BCUT2D eigenvalue weighted by Crippen LogP contribution is -2.38. The van der Waals surface area contributed by atoms with Crippen molar-refractivity contribution in [1.82, 2.24) is 5.32 Å². The summed E-state index contributed by atoms with van der Waals surface area (Å²) in [6.07, 6.45) is 3.27. The van der Waals surface area contributed by atoms with E-state index < -0.39 is 0 Å². The molecule has 2 nitrogen and oxygen atoms in total. The molecule has 0 aliphatic carbocycles. The normalized spacial score (nSPS) is 24.4. The third kappa shape index (κ3) is 3.79. The molecule has 3 heteroatoms. The Labute approximate surface area is 91.9 Å². The predicted octanol–water partition coefficient (Wildman–Crippen LogP) is 1.88. The highest BCUT2D eigenvalue weighted by Gasteiger charge is 2.19. The molecule has 1 aliphatic rings. The molecule has 1 saturated heterocycles. The van der Waals surface area contributed by atoms with Gasteiger partial charge in [-0.25, -0.2) is 0 Å². The summed E-state index contributed by atoms with van der Waals surface area (Å²) in [5, 5.41) is 13.4. The summed E-state index contributed by atoms with van der Waals surface area (Å²) in [4.78, 5) is 0. The average molecular weight is 217 g/mol. The van der Waals surface area contributed by atoms with Crippen molar-refractivity contribution in [3.63, 3.8) is 0 Å². The Hall–Kier alpha value is 0.270. The highest BCUT2D eigenvalue weighted by atomic mass is 32.2. The first-order valence-electron chi connectivity index (χ1n) is 5.77. The quantitative estimate of drug-likeness (QED) is 0.712. The zero-order valence-electron chi connectivity index (χ0n) is 9.33. The topological polar surface area (TPSA) is 32.3 Å². The van der Waals surface area contributed by atoms with E-state index in [9.17, 15) is 5.11 Å². The summed E-state index contributed by atoms with van der Waals surface area (Å²) >= 11 is 2.01. The molecule has 1 rings (SSSR count). The van der Waals surface area contributed by atoms with Crippen molar-refractivity contribution < 1.29 is 5.11 Å². The molecule has 0 aromatic carbocycles. The van der Waals surface area contributed by atoms with Gasteiger partial charge in [-0.15, -0.1) is 0 Å². The lowest BCUT2D eigenvalue weighted by molar-refractivity contribution is 0.0991. The molecule has 2 unspecified atom stereocenters. The summed E-state index contributed by atoms with van der Waals surface area (Å²) in [7, 11) is 0. The van der Waals surface area contributed by atoms with Crippen molar-refractivity contribution in [3.8, 4) is 0 Å². The second kappa shape index (κ2) is 6.70. The standard InChI is InChI=1S/C11H23NOS/c1-3-9(4-2)11(13)7-12-10-5-6-14-8-10/h9-13H,3-8H2,1-2H3. The summed E-state index contributed by atoms with van der Waals surface area (Å²) < 4.78 is 0. The predicted molar refractivity (Wildman–Crippen MR) is 63.8 cm³/mol. The molecule has 1 aliphatic heterocycles. The summed E-state index contributed by atoms with van der Waals surface area (Å²) in [6, 6.07) is 0.643. The Kier molecular flexibility index (Phi) is 5.90. The molecule has 0 spiro atoms. The molecule has 1 fully saturated rings. The van der Waals surface area contributed by atoms with Gasteiger partial charge in [0, 0.05) is 18.3 Å². The minimum Gasteiger partial charge on any atom is -0.392 e. The van der Waals surface area contributed by atoms with E-state index in [1.807, 2.05) is 11.8 Å². The van der Waals surface area contributed by atoms with Crippen molar-refractivity contribution >= 4 is 11.8 Å². The van der Waals surface area contributed by atoms with Gasteiger partial charge in [-0.05, 0) is 18.1 Å². The van der Waals surface area contributed by atoms with E-state index in [0.29, 0.717) is 12.0 Å². The van der Waals surface area contributed by atoms with Crippen LogP contribution in [-0.4, -0.2) is 35.3 Å². The van der Waals surface area contributed by atoms with Crippen molar-refractivity contribution in [1.29, 1.82) is 0 Å². The number of thioether (sulfide) groups is 1. The van der Waals surface area contributed by atoms with Gasteiger partial charge in [0.1, 0.15) is 0 Å². The van der Waals surface area contributed by atoms with Crippen LogP contribution in [0, 0.1) is 5.92 Å². The second-order valence-electron chi connectivity index (χ2n) is 4.11. The highest BCUT2D eigenvalue weighted by molar-refractivity contribution is 7.99. The van der Waals surface area contributed by atoms with Crippen LogP contribution in [0.4, 0.5) is 0 Å². The van der Waals surface area contributed by atoms with Crippen LogP contribution in [0.2, 0.25) is 0 Å². The van der Waals surface area contributed by atoms with Crippen LogP contribution in [0.25, 0.3) is 0 Å². The van der Waals surface area contributed by atoms with Crippen LogP contribution < -0.4 is 5.32 Å². The van der Waals surface area contributed by atoms with Gasteiger partial charge in [-0.1, -0.05) is 26.7 Å². The lowest BCUT2D eigenvalue weighted by Gasteiger charge is -2.22. The van der Waals surface area contributed by atoms with Crippen molar-refractivity contribution in [2.45, 2.75) is 45.3 Å². The van der Waals surface area contributed by atoms with Crippen LogP contribution in [0.15, 0.2) is 0 Å². The molecule has 84 valence electrons. The van der Waals surface area contributed by atoms with Gasteiger partial charge in [0.25, 0.3) is 0 Å². The van der Waals surface area contributed by atoms with Crippen molar-refractivity contribution in [2.24, 2.45) is 5.92 Å². The van der Waals surface area contributed by atoms with Gasteiger partial charge in [-0.2, -0.15) is 11.8 Å². The van der Waals surface area contributed by atoms with Gasteiger partial charge < -0.3 is 10.4 Å². The molecular formula is C11H23NOS. The lowest BCUT2D eigenvalue weighted by atomic mass is 9.96. The Balaban J connectivity index is 2.15. The molecule has 1 heterocycles. The molecule has 0 radical (unpaired) electrons. The van der Waals surface area contributed by atoms with Gasteiger partial charge in [-0.3, -0.25) is 0 Å². The highest BCUT2D eigenvalue weighted by Crippen LogP contribution is 2.18. The van der Waals surface area contributed by atoms with Gasteiger partial charge in [0.15, 0.2) is 0 Å². The Bertz CT molecular complexity index is 144. The molecule has 0 saturated carbocycles. The fourth-order valence-electron chi connectivity index (χ4n) is 1.98. The van der Waals surface area contributed by atoms with Crippen LogP contribution in [0.1, 0.15) is 33.1 Å². The maximum absolute atomic E-state index is 9.90. The van der Waals surface area contributed by atoms with E-state index in [1.165, 1.54) is 17.9 Å². The minimum atomic E-state index is -0.157. The Morgan fingerprint density at radius 2 is 2.14 bits per heavy atom. The van der Waals surface area contributed by atoms with Crippen molar-refractivity contribution in [3.05, 3.63) is 0 Å². The molecule has 0 aromatic rings. The second-order valence-corrected chi connectivity index (χ2v) is 5.26. The zero-order valence-corrected chi connectivity index (χ0v) is 10.1. The maximum Gasteiger partial charge on any atom is 0.0692 e. The molecule has 14 heavy (non-hydrogen) atoms. The number of aliphatic hydroxyl groups is 1. The minimum absolute atomic E-state index is 0.157. The average Bonchev–Trinajstić information content (AvgIpc) is 2.69. The fourth-order valence-corrected chi connectivity index (χ4v) is 3.17. The third-order valence-corrected chi connectivity index (χ3v) is 4.30. The maximum atomic E-state index is 9.90. The van der Waals surface area contributed by atoms with E-state index >= 15 is 0 Å². The van der Waals surface area contributed by atoms with Crippen molar-refractivity contribution in [2.75, 3.05) is 18.1 Å². The molecular weight excluding hydrogens is 194 g/mol. The largest absolute Gasteiger partial charge is 0.392 e. The molecule has 2 N–H and O–H groups in total. The molecule has 0 aromatic heterocycles. The smallest absolute Gasteiger partial charge is 0.0692 e. The van der Waals surface area contributed by atoms with Gasteiger partial charge in [0.2, 0.25) is 0 Å². The summed E-state index contributed by atoms with van der Waals surface area (Å²) in [6.45, 7) is 5.09. The third-order valence-electron chi connectivity index (χ3n) is 3.14. The monoisotopic (exact) mass is 217 g/mol. The number of aliphatic hydroxyl groups excluding tert-OH is 1. The molecule has 0 bridgehead atoms. The zero-order chi connectivity index (χ0) is 10.4. The number of hydrogen-bond donors (Lipinski definition) is 2. The van der Waals surface area contributed by atoms with Crippen LogP contribution in [0.3, 0.4) is 0 Å². The van der Waals surface area contributed by atoms with E-state index in [2.05, 4.69) is 19.2 Å². The fraction of sp³-hybridized carbons (Fsp3) is 1.00. The Morgan fingerprint density at radius 3 is 2.64 bits per heavy atom. The first-order chi connectivity index (χ1) is 6.77. The van der Waals surface area contributed by atoms with E-state index in [-0.39, 0.29) is 6.10 Å². The summed E-state index contributed by atoms with van der Waals surface area (Å²) in [5.74, 6) is 2.96. The van der Waals surface area contributed by atoms with Crippen LogP contribution in [-0.2, 0) is 0 Å². The van der Waals surface area contributed by atoms with Crippen LogP contribution >= 0.6 is 11.8 Å². The number of rotatable bonds is 6. The number of hydrogen-bond acceptors (Lipinski definition) is 3. The molecule has 2 atom stereocenters. The first-order valence-corrected chi connectivity index (χ1v) is 6.92. The van der Waals surface area contributed by atoms with Crippen LogP contribution in [0.5, 0.6) is 0 Å². The first kappa shape index (κ1) is 12.3.